The van der Waals surface area contributed by atoms with E-state index >= 15 is 0 Å². The molecule has 20 heavy (non-hydrogen) atoms. The molecule has 1 aromatic heterocycles. The van der Waals surface area contributed by atoms with Crippen LogP contribution in [0.2, 0.25) is 0 Å². The van der Waals surface area contributed by atoms with Crippen molar-refractivity contribution >= 4 is 23.2 Å². The van der Waals surface area contributed by atoms with Gasteiger partial charge in [-0.15, -0.1) is 0 Å². The summed E-state index contributed by atoms with van der Waals surface area (Å²) in [6.45, 7) is 4.10. The van der Waals surface area contributed by atoms with E-state index in [0.29, 0.717) is 29.4 Å². The zero-order chi connectivity index (χ0) is 14.9. The molecule has 5 heteroatoms. The van der Waals surface area contributed by atoms with E-state index in [1.165, 1.54) is 0 Å². The van der Waals surface area contributed by atoms with E-state index in [9.17, 15) is 14.7 Å². The number of carboxylic acids is 1. The average molecular weight is 275 g/mol. The molecule has 0 aliphatic rings. The lowest BCUT2D eigenvalue weighted by molar-refractivity contribution is 0.0698. The fraction of sp³-hybridized carbons (Fsp3) is 0.333. The standard InChI is InChI=1S/C15H17NO4/c1-9-6-11-13(8-18)10(2)16(4-3-5-17)14(11)12(7-9)15(19)20/h6-8,17H,3-5H2,1-2H3,(H,19,20). The second kappa shape index (κ2) is 5.46. The fourth-order valence-corrected chi connectivity index (χ4v) is 2.60. The number of aromatic nitrogens is 1. The number of aromatic carboxylic acids is 1. The van der Waals surface area contributed by atoms with Crippen molar-refractivity contribution in [3.63, 3.8) is 0 Å². The third kappa shape index (κ3) is 2.20. The minimum Gasteiger partial charge on any atom is -0.478 e. The maximum Gasteiger partial charge on any atom is 0.337 e. The van der Waals surface area contributed by atoms with Crippen LogP contribution in [-0.2, 0) is 6.54 Å². The third-order valence-corrected chi connectivity index (χ3v) is 3.50. The van der Waals surface area contributed by atoms with Gasteiger partial charge in [-0.1, -0.05) is 0 Å². The van der Waals surface area contributed by atoms with Crippen LogP contribution in [0.5, 0.6) is 0 Å². The summed E-state index contributed by atoms with van der Waals surface area (Å²) in [6.07, 6.45) is 1.27. The SMILES string of the molecule is Cc1cc(C(=O)O)c2c(c1)c(C=O)c(C)n2CCCO. The van der Waals surface area contributed by atoms with Crippen molar-refractivity contribution in [1.29, 1.82) is 0 Å². The first-order chi connectivity index (χ1) is 9.51. The van der Waals surface area contributed by atoms with E-state index in [0.717, 1.165) is 17.5 Å². The van der Waals surface area contributed by atoms with Crippen LogP contribution in [0.25, 0.3) is 10.9 Å². The average Bonchev–Trinajstić information content (AvgIpc) is 2.66. The van der Waals surface area contributed by atoms with Gasteiger partial charge in [0.05, 0.1) is 11.1 Å². The van der Waals surface area contributed by atoms with Crippen LogP contribution in [0.15, 0.2) is 12.1 Å². The highest BCUT2D eigenvalue weighted by molar-refractivity contribution is 6.08. The minimum absolute atomic E-state index is 0.0177. The number of hydrogen-bond donors (Lipinski definition) is 2. The maximum atomic E-state index is 11.5. The van der Waals surface area contributed by atoms with Crippen molar-refractivity contribution in [1.82, 2.24) is 4.57 Å². The lowest BCUT2D eigenvalue weighted by Gasteiger charge is -2.09. The number of rotatable bonds is 5. The fourth-order valence-electron chi connectivity index (χ4n) is 2.60. The van der Waals surface area contributed by atoms with E-state index in [-0.39, 0.29) is 12.2 Å². The molecule has 0 radical (unpaired) electrons. The van der Waals surface area contributed by atoms with Gasteiger partial charge in [0.25, 0.3) is 0 Å². The molecule has 0 spiro atoms. The third-order valence-electron chi connectivity index (χ3n) is 3.50. The quantitative estimate of drug-likeness (QED) is 0.819. The van der Waals surface area contributed by atoms with Gasteiger partial charge >= 0.3 is 5.97 Å². The van der Waals surface area contributed by atoms with Crippen LogP contribution in [0, 0.1) is 13.8 Å². The van der Waals surface area contributed by atoms with Crippen molar-refractivity contribution < 1.29 is 19.8 Å². The molecular weight excluding hydrogens is 258 g/mol. The molecule has 0 aliphatic heterocycles. The van der Waals surface area contributed by atoms with Crippen molar-refractivity contribution in [3.05, 3.63) is 34.5 Å². The van der Waals surface area contributed by atoms with E-state index in [1.54, 1.807) is 24.5 Å². The number of aldehydes is 1. The highest BCUT2D eigenvalue weighted by Crippen LogP contribution is 2.29. The molecule has 5 nitrogen and oxygen atoms in total. The van der Waals surface area contributed by atoms with E-state index in [4.69, 9.17) is 5.11 Å². The van der Waals surface area contributed by atoms with Gasteiger partial charge in [-0.05, 0) is 38.0 Å². The summed E-state index contributed by atoms with van der Waals surface area (Å²) < 4.78 is 1.80. The van der Waals surface area contributed by atoms with Crippen LogP contribution in [0.3, 0.4) is 0 Å². The summed E-state index contributed by atoms with van der Waals surface area (Å²) in [7, 11) is 0. The Labute approximate surface area is 116 Å². The van der Waals surface area contributed by atoms with Crippen molar-refractivity contribution in [3.8, 4) is 0 Å². The predicted octanol–water partition coefficient (Wildman–Crippen LogP) is 2.15. The van der Waals surface area contributed by atoms with Crippen molar-refractivity contribution in [2.45, 2.75) is 26.8 Å². The smallest absolute Gasteiger partial charge is 0.337 e. The van der Waals surface area contributed by atoms with E-state index in [2.05, 4.69) is 0 Å². The van der Waals surface area contributed by atoms with Gasteiger partial charge in [-0.25, -0.2) is 4.79 Å². The summed E-state index contributed by atoms with van der Waals surface area (Å²) in [5, 5.41) is 19.0. The molecular formula is C15H17NO4. The molecule has 0 amide bonds. The lowest BCUT2D eigenvalue weighted by atomic mass is 10.0. The molecule has 0 atom stereocenters. The van der Waals surface area contributed by atoms with Gasteiger partial charge in [0.15, 0.2) is 6.29 Å². The Morgan fingerprint density at radius 3 is 2.60 bits per heavy atom. The summed E-state index contributed by atoms with van der Waals surface area (Å²) in [5.41, 5.74) is 2.79. The number of carboxylic acid groups (broad SMARTS) is 1. The molecule has 1 aromatic carbocycles. The predicted molar refractivity (Wildman–Crippen MR) is 75.5 cm³/mol. The summed E-state index contributed by atoms with van der Waals surface area (Å²) in [5.74, 6) is -1.01. The van der Waals surface area contributed by atoms with Gasteiger partial charge in [-0.2, -0.15) is 0 Å². The topological polar surface area (TPSA) is 79.5 Å². The van der Waals surface area contributed by atoms with E-state index in [1.807, 2.05) is 6.07 Å². The molecule has 1 heterocycles. The molecule has 0 unspecified atom stereocenters. The highest BCUT2D eigenvalue weighted by atomic mass is 16.4. The monoisotopic (exact) mass is 275 g/mol. The minimum atomic E-state index is -1.01. The maximum absolute atomic E-state index is 11.5. The van der Waals surface area contributed by atoms with Gasteiger partial charge in [0.1, 0.15) is 0 Å². The first-order valence-electron chi connectivity index (χ1n) is 6.44. The second-order valence-electron chi connectivity index (χ2n) is 4.86. The molecule has 0 bridgehead atoms. The van der Waals surface area contributed by atoms with Crippen LogP contribution < -0.4 is 0 Å². The number of hydrogen-bond acceptors (Lipinski definition) is 3. The number of nitrogens with zero attached hydrogens (tertiary/aromatic N) is 1. The Morgan fingerprint density at radius 2 is 2.05 bits per heavy atom. The Balaban J connectivity index is 2.86. The molecule has 0 fully saturated rings. The van der Waals surface area contributed by atoms with Crippen molar-refractivity contribution in [2.24, 2.45) is 0 Å². The number of aliphatic hydroxyl groups excluding tert-OH is 1. The normalized spacial score (nSPS) is 10.9. The summed E-state index contributed by atoms with van der Waals surface area (Å²) in [4.78, 5) is 22.8. The summed E-state index contributed by atoms with van der Waals surface area (Å²) >= 11 is 0. The molecule has 0 aliphatic carbocycles. The molecule has 0 saturated heterocycles. The number of carbonyl (C=O) groups excluding carboxylic acids is 1. The van der Waals surface area contributed by atoms with Gasteiger partial charge in [0, 0.05) is 29.8 Å². The second-order valence-corrected chi connectivity index (χ2v) is 4.86. The molecule has 0 saturated carbocycles. The Bertz CT molecular complexity index is 685. The molecule has 2 aromatic rings. The number of aliphatic hydroxyl groups is 1. The lowest BCUT2D eigenvalue weighted by Crippen LogP contribution is -2.07. The van der Waals surface area contributed by atoms with Crippen molar-refractivity contribution in [2.75, 3.05) is 6.61 Å². The zero-order valence-corrected chi connectivity index (χ0v) is 11.5. The first-order valence-corrected chi connectivity index (χ1v) is 6.44. The largest absolute Gasteiger partial charge is 0.478 e. The Kier molecular flexibility index (Phi) is 3.90. The van der Waals surface area contributed by atoms with Crippen LogP contribution >= 0.6 is 0 Å². The van der Waals surface area contributed by atoms with Gasteiger partial charge in [0.2, 0.25) is 0 Å². The highest BCUT2D eigenvalue weighted by Gasteiger charge is 2.20. The van der Waals surface area contributed by atoms with Crippen LogP contribution in [-0.4, -0.2) is 33.6 Å². The van der Waals surface area contributed by atoms with Gasteiger partial charge in [-0.3, -0.25) is 4.79 Å². The Morgan fingerprint density at radius 1 is 1.35 bits per heavy atom. The van der Waals surface area contributed by atoms with Gasteiger partial charge < -0.3 is 14.8 Å². The van der Waals surface area contributed by atoms with Crippen LogP contribution in [0.1, 0.15) is 38.4 Å². The Hall–Kier alpha value is -2.14. The zero-order valence-electron chi connectivity index (χ0n) is 11.5. The van der Waals surface area contributed by atoms with Crippen LogP contribution in [0.4, 0.5) is 0 Å². The number of benzene rings is 1. The first kappa shape index (κ1) is 14.3. The van der Waals surface area contributed by atoms with E-state index < -0.39 is 5.97 Å². The summed E-state index contributed by atoms with van der Waals surface area (Å²) in [6, 6.07) is 3.43. The number of aryl methyl sites for hydroxylation is 2. The number of fused-ring (bicyclic) bond motifs is 1. The molecule has 2 N–H and O–H groups in total. The molecule has 106 valence electrons. The molecule has 2 rings (SSSR count). The number of carbonyl (C=O) groups is 2.